The molecule has 41 heavy (non-hydrogen) atoms. The number of carboxylic acids is 1. The number of fused-ring (bicyclic) bond motifs is 1. The van der Waals surface area contributed by atoms with Crippen LogP contribution in [0.15, 0.2) is 60.2 Å². The maximum absolute atomic E-state index is 14.5. The van der Waals surface area contributed by atoms with Crippen LogP contribution in [-0.4, -0.2) is 46.5 Å². The summed E-state index contributed by atoms with van der Waals surface area (Å²) in [6.07, 6.45) is -3.32. The number of rotatable bonds is 8. The van der Waals surface area contributed by atoms with Gasteiger partial charge in [0.25, 0.3) is 0 Å². The first-order valence-corrected chi connectivity index (χ1v) is 13.5. The molecule has 0 saturated heterocycles. The van der Waals surface area contributed by atoms with Crippen LogP contribution in [0.4, 0.5) is 13.2 Å². The normalized spacial score (nSPS) is 15.1. The Balaban J connectivity index is 0.00000387. The number of aromatic nitrogens is 2. The molecule has 13 heteroatoms. The van der Waals surface area contributed by atoms with E-state index in [0.717, 1.165) is 11.1 Å². The lowest BCUT2D eigenvalue weighted by molar-refractivity contribution is -0.198. The van der Waals surface area contributed by atoms with Gasteiger partial charge in [-0.05, 0) is 47.2 Å². The van der Waals surface area contributed by atoms with Crippen LogP contribution < -0.4 is 10.5 Å². The van der Waals surface area contributed by atoms with E-state index in [9.17, 15) is 18.0 Å². The van der Waals surface area contributed by atoms with Crippen molar-refractivity contribution in [3.63, 3.8) is 0 Å². The van der Waals surface area contributed by atoms with Gasteiger partial charge < -0.3 is 20.3 Å². The molecular weight excluding hydrogens is 602 g/mol. The fraction of sp³-hybridized carbons (Fsp3) is 0.250. The molecule has 1 unspecified atom stereocenters. The molecule has 0 spiro atoms. The van der Waals surface area contributed by atoms with Crippen LogP contribution in [0.25, 0.3) is 26.9 Å². The Morgan fingerprint density at radius 1 is 1.17 bits per heavy atom. The van der Waals surface area contributed by atoms with Crippen LogP contribution in [0.1, 0.15) is 29.2 Å². The summed E-state index contributed by atoms with van der Waals surface area (Å²) >= 11 is 7.33. The van der Waals surface area contributed by atoms with Gasteiger partial charge in [0.05, 0.1) is 18.7 Å². The fourth-order valence-electron chi connectivity index (χ4n) is 4.48. The number of aliphatic carboxylic acids is 1. The lowest BCUT2D eigenvalue weighted by Crippen LogP contribution is -2.32. The number of carboxylic acid groups (broad SMARTS) is 1. The van der Waals surface area contributed by atoms with Crippen molar-refractivity contribution in [1.82, 2.24) is 9.97 Å². The van der Waals surface area contributed by atoms with Gasteiger partial charge in [0, 0.05) is 21.5 Å². The first-order valence-electron chi connectivity index (χ1n) is 12.2. The second-order valence-electron chi connectivity index (χ2n) is 9.19. The van der Waals surface area contributed by atoms with Crippen LogP contribution in [0.5, 0.6) is 5.88 Å². The molecule has 2 aromatic carbocycles. The Bertz CT molecular complexity index is 1580. The highest BCUT2D eigenvalue weighted by Crippen LogP contribution is 2.44. The third-order valence-electron chi connectivity index (χ3n) is 6.44. The minimum Gasteiger partial charge on any atom is -0.480 e. The summed E-state index contributed by atoms with van der Waals surface area (Å²) < 4.78 is 54.9. The molecule has 0 amide bonds. The number of halogens is 5. The number of hydrogen-bond acceptors (Lipinski definition) is 7. The predicted molar refractivity (Wildman–Crippen MR) is 154 cm³/mol. The number of nitrogens with zero attached hydrogens (tertiary/aromatic N) is 2. The number of thiophene rings is 1. The van der Waals surface area contributed by atoms with Crippen molar-refractivity contribution in [3.05, 3.63) is 82.0 Å². The highest BCUT2D eigenvalue weighted by Gasteiger charge is 2.45. The molecule has 216 valence electrons. The molecule has 0 fully saturated rings. The van der Waals surface area contributed by atoms with Gasteiger partial charge in [-0.3, -0.25) is 4.79 Å². The zero-order chi connectivity index (χ0) is 28.4. The van der Waals surface area contributed by atoms with Crippen molar-refractivity contribution in [1.29, 1.82) is 0 Å². The van der Waals surface area contributed by atoms with Crippen molar-refractivity contribution in [3.8, 4) is 17.0 Å². The molecule has 1 aliphatic rings. The molecule has 2 atom stereocenters. The van der Waals surface area contributed by atoms with Gasteiger partial charge in [-0.15, -0.1) is 23.7 Å². The first kappa shape index (κ1) is 30.7. The zero-order valence-corrected chi connectivity index (χ0v) is 23.6. The molecule has 7 nitrogen and oxygen atoms in total. The molecule has 3 heterocycles. The second kappa shape index (κ2) is 12.7. The summed E-state index contributed by atoms with van der Waals surface area (Å²) in [7, 11) is 0. The Labute approximate surface area is 248 Å². The monoisotopic (exact) mass is 625 g/mol. The number of benzene rings is 2. The maximum atomic E-state index is 14.5. The van der Waals surface area contributed by atoms with Crippen LogP contribution in [0.2, 0.25) is 5.02 Å². The van der Waals surface area contributed by atoms with Crippen LogP contribution >= 0.6 is 35.3 Å². The lowest BCUT2D eigenvalue weighted by Gasteiger charge is -2.25. The molecule has 0 saturated carbocycles. The van der Waals surface area contributed by atoms with Crippen molar-refractivity contribution in [2.45, 2.75) is 31.2 Å². The van der Waals surface area contributed by atoms with Gasteiger partial charge in [-0.1, -0.05) is 48.0 Å². The van der Waals surface area contributed by atoms with Gasteiger partial charge in [0.1, 0.15) is 17.1 Å². The Morgan fingerprint density at radius 3 is 2.59 bits per heavy atom. The summed E-state index contributed by atoms with van der Waals surface area (Å²) in [5, 5.41) is 11.1. The van der Waals surface area contributed by atoms with E-state index >= 15 is 0 Å². The van der Waals surface area contributed by atoms with E-state index in [2.05, 4.69) is 9.97 Å². The third-order valence-corrected chi connectivity index (χ3v) is 7.63. The van der Waals surface area contributed by atoms with Gasteiger partial charge in [0.15, 0.2) is 0 Å². The maximum Gasteiger partial charge on any atom is 0.429 e. The van der Waals surface area contributed by atoms with E-state index in [4.69, 9.17) is 31.9 Å². The number of alkyl halides is 3. The molecule has 2 aromatic heterocycles. The molecule has 3 N–H and O–H groups in total. The van der Waals surface area contributed by atoms with Crippen molar-refractivity contribution < 1.29 is 32.5 Å². The SMILES string of the molecule is Cl.NC(Cc1ccc(-c2csc3c(O[C@H](c4ccc(Cl)cc4C4=CCCOC4)C(F)(F)F)ncnc23)cc1)C(=O)O. The summed E-state index contributed by atoms with van der Waals surface area (Å²) in [5.74, 6) is -1.29. The lowest BCUT2D eigenvalue weighted by atomic mass is 9.94. The minimum absolute atomic E-state index is 0. The molecular formula is C28H24Cl2F3N3O4S. The number of ether oxygens (including phenoxy) is 2. The average Bonchev–Trinajstić information content (AvgIpc) is 3.37. The molecule has 4 aromatic rings. The van der Waals surface area contributed by atoms with E-state index in [-0.39, 0.29) is 36.9 Å². The van der Waals surface area contributed by atoms with Crippen molar-refractivity contribution in [2.75, 3.05) is 13.2 Å². The molecule has 0 radical (unpaired) electrons. The topological polar surface area (TPSA) is 108 Å². The highest BCUT2D eigenvalue weighted by molar-refractivity contribution is 7.18. The van der Waals surface area contributed by atoms with Gasteiger partial charge in [0.2, 0.25) is 12.0 Å². The van der Waals surface area contributed by atoms with E-state index in [1.807, 2.05) is 6.08 Å². The number of hydrogen-bond donors (Lipinski definition) is 2. The fourth-order valence-corrected chi connectivity index (χ4v) is 5.61. The van der Waals surface area contributed by atoms with E-state index in [1.54, 1.807) is 29.6 Å². The molecule has 0 aliphatic carbocycles. The van der Waals surface area contributed by atoms with Gasteiger partial charge >= 0.3 is 12.1 Å². The van der Waals surface area contributed by atoms with Gasteiger partial charge in [-0.25, -0.2) is 9.97 Å². The van der Waals surface area contributed by atoms with Gasteiger partial charge in [-0.2, -0.15) is 13.2 Å². The number of carbonyl (C=O) groups is 1. The summed E-state index contributed by atoms with van der Waals surface area (Å²) in [6.45, 7) is 0.668. The summed E-state index contributed by atoms with van der Waals surface area (Å²) in [5.41, 5.74) is 9.06. The predicted octanol–water partition coefficient (Wildman–Crippen LogP) is 6.87. The zero-order valence-electron chi connectivity index (χ0n) is 21.2. The minimum atomic E-state index is -4.76. The van der Waals surface area contributed by atoms with E-state index in [0.29, 0.717) is 45.0 Å². The highest BCUT2D eigenvalue weighted by atomic mass is 35.5. The van der Waals surface area contributed by atoms with Crippen LogP contribution in [0, 0.1) is 0 Å². The smallest absolute Gasteiger partial charge is 0.429 e. The standard InChI is InChI=1S/C28H23ClF3N3O4S.ClH/c29-18-7-8-19(20(11-18)17-2-1-9-38-12-17)25(28(30,31)32)39-26-24-23(34-14-35-26)21(13-40-24)16-5-3-15(4-6-16)10-22(33)27(36)37;/h2-8,11,13-14,22,25H,1,9-10,12,33H2,(H,36,37);1H/t22?,25-;/m1./s1. The molecule has 0 bridgehead atoms. The Hall–Kier alpha value is -3.22. The molecule has 5 rings (SSSR count). The quantitative estimate of drug-likeness (QED) is 0.220. The first-order chi connectivity index (χ1) is 19.1. The van der Waals surface area contributed by atoms with Crippen LogP contribution in [0.3, 0.4) is 0 Å². The average molecular weight is 626 g/mol. The summed E-state index contributed by atoms with van der Waals surface area (Å²) in [4.78, 5) is 19.4. The second-order valence-corrected chi connectivity index (χ2v) is 10.5. The Morgan fingerprint density at radius 2 is 1.93 bits per heavy atom. The van der Waals surface area contributed by atoms with Crippen molar-refractivity contribution in [2.24, 2.45) is 5.73 Å². The largest absolute Gasteiger partial charge is 0.480 e. The number of nitrogens with two attached hydrogens (primary N) is 1. The third kappa shape index (κ3) is 6.82. The molecule has 1 aliphatic heterocycles. The van der Waals surface area contributed by atoms with Crippen LogP contribution in [-0.2, 0) is 16.0 Å². The summed E-state index contributed by atoms with van der Waals surface area (Å²) in [6, 6.07) is 10.3. The Kier molecular flexibility index (Phi) is 9.55. The van der Waals surface area contributed by atoms with Crippen molar-refractivity contribution >= 4 is 57.1 Å². The van der Waals surface area contributed by atoms with E-state index < -0.39 is 24.3 Å². The van der Waals surface area contributed by atoms with E-state index in [1.165, 1.54) is 35.9 Å².